The molecule has 6 saturated carbocycles. The molecule has 7 aliphatic heterocycles. The monoisotopic (exact) mass is 1600 g/mol. The van der Waals surface area contributed by atoms with Gasteiger partial charge < -0.3 is 55.3 Å². The Morgan fingerprint density at radius 2 is 0.911 bits per heavy atom. The van der Waals surface area contributed by atoms with Crippen LogP contribution in [0.15, 0.2) is 64.6 Å². The van der Waals surface area contributed by atoms with E-state index in [9.17, 15) is 22.8 Å². The van der Waals surface area contributed by atoms with Crippen molar-refractivity contribution in [2.24, 2.45) is 79.1 Å². The molecule has 6 spiro atoms. The number of methoxy groups -OCH3 is 3. The molecule has 0 radical (unpaired) electrons. The first-order chi connectivity index (χ1) is 54.3. The molecule has 5 saturated heterocycles. The Labute approximate surface area is 675 Å². The highest BCUT2D eigenvalue weighted by Crippen LogP contribution is 2.65. The number of carbonyl (C=O) groups excluding carboxylic acids is 3. The van der Waals surface area contributed by atoms with Crippen molar-refractivity contribution < 1.29 is 60.1 Å². The van der Waals surface area contributed by atoms with Crippen LogP contribution in [0.3, 0.4) is 0 Å². The number of hydrogen-bond donors (Lipinski definition) is 4. The molecule has 6 N–H and O–H groups in total. The van der Waals surface area contributed by atoms with Crippen molar-refractivity contribution in [1.82, 2.24) is 20.4 Å². The first-order valence-electron chi connectivity index (χ1n) is 42.8. The quantitative estimate of drug-likeness (QED) is 0.0570. The first-order valence-corrected chi connectivity index (χ1v) is 46.0. The standard InChI is InChI=1S/C32H44N2O4S.C27H37N3O3.C22H28N2O2S.C6H12O4S.CH5N/c1-36-27-8-12-31(13-9-27)17-26-7-6-23(5-4-22-2-3-22)16-28(26)32(31)29(35)34(18-24-10-14-37-19-24)30(33-32)39-21-25-11-15-38-20-25;1-32-22-8-11-26(12-9-22)15-21-7-6-19(5-4-18-2-3-18)14-23(21)27(26)24(31)30(25(28)29-27)16-20-10-13-33-17-20;1-26-17-8-10-21(11-9-17)13-16-7-6-15(5-4-14-2-3-14)12-18(16)22(21)19(25)23-20(27)24-22;1-11(7,8)10-5-6-2-3-9-4-6;1-2/h6-7,16,22,24-25,27H,2-5,8-15,17-21H2,1H3;6-7,14,18,20,22H,2-5,8-13,15-17H2,1H3,(H2,28,29);6-7,12,14,17H,2-5,8-11,13H2,1H3,(H2,23,24,25,27);6H,2-5H2,1H3;2H2,1H3. The number of ether oxygens (including phenoxy) is 7. The molecule has 9 aliphatic carbocycles. The van der Waals surface area contributed by atoms with E-state index in [2.05, 4.69) is 80.0 Å². The highest BCUT2D eigenvalue weighted by molar-refractivity contribution is 8.13. The molecule has 16 aliphatic rings. The molecule has 112 heavy (non-hydrogen) atoms. The smallest absolute Gasteiger partial charge is 0.264 e. The number of nitrogens with two attached hydrogens (primary N) is 2. The molecule has 614 valence electrons. The zero-order chi connectivity index (χ0) is 78.1. The van der Waals surface area contributed by atoms with Crippen molar-refractivity contribution in [3.63, 3.8) is 0 Å². The summed E-state index contributed by atoms with van der Waals surface area (Å²) < 4.78 is 64.8. The number of thioether (sulfide) groups is 1. The summed E-state index contributed by atoms with van der Waals surface area (Å²) in [5.74, 6) is 5.97. The predicted molar refractivity (Wildman–Crippen MR) is 439 cm³/mol. The van der Waals surface area contributed by atoms with Gasteiger partial charge >= 0.3 is 0 Å². The minimum atomic E-state index is -3.27. The molecule has 3 amide bonds. The Morgan fingerprint density at radius 1 is 0.518 bits per heavy atom. The third-order valence-electron chi connectivity index (χ3n) is 28.9. The Bertz CT molecular complexity index is 4030. The molecule has 21 nitrogen and oxygen atoms in total. The number of amides is 3. The molecular formula is C88H126N8O13S3. The van der Waals surface area contributed by atoms with E-state index in [0.29, 0.717) is 54.7 Å². The number of amidine groups is 1. The average molecular weight is 1600 g/mol. The van der Waals surface area contributed by atoms with Gasteiger partial charge in [-0.2, -0.15) is 8.42 Å². The lowest BCUT2D eigenvalue weighted by molar-refractivity contribution is -0.139. The lowest BCUT2D eigenvalue weighted by atomic mass is 9.61. The summed E-state index contributed by atoms with van der Waals surface area (Å²) in [6, 6.07) is 20.8. The number of nitrogens with zero attached hydrogens (tertiary/aromatic N) is 4. The third kappa shape index (κ3) is 16.8. The fourth-order valence-electron chi connectivity index (χ4n) is 21.7. The summed E-state index contributed by atoms with van der Waals surface area (Å²) in [5, 5.41) is 7.80. The zero-order valence-electron chi connectivity index (χ0n) is 67.4. The van der Waals surface area contributed by atoms with Gasteiger partial charge in [0.2, 0.25) is 0 Å². The lowest BCUT2D eigenvalue weighted by Gasteiger charge is -2.46. The molecular weight excluding hydrogens is 1470 g/mol. The van der Waals surface area contributed by atoms with Crippen LogP contribution in [0.25, 0.3) is 0 Å². The maximum atomic E-state index is 15.0. The number of fused-ring (bicyclic) bond motifs is 9. The molecule has 0 aromatic heterocycles. The Kier molecular flexibility index (Phi) is 25.6. The molecule has 7 atom stereocenters. The van der Waals surface area contributed by atoms with E-state index in [-0.39, 0.29) is 58.7 Å². The predicted octanol–water partition coefficient (Wildman–Crippen LogP) is 11.8. The van der Waals surface area contributed by atoms with Crippen molar-refractivity contribution in [3.05, 3.63) is 105 Å². The van der Waals surface area contributed by atoms with Crippen LogP contribution in [0, 0.1) is 57.7 Å². The molecule has 19 rings (SSSR count). The van der Waals surface area contributed by atoms with Gasteiger partial charge in [0.15, 0.2) is 32.9 Å². The molecule has 7 unspecified atom stereocenters. The maximum Gasteiger partial charge on any atom is 0.264 e. The first kappa shape index (κ1) is 82.2. The number of nitrogens with one attached hydrogen (secondary N) is 2. The highest BCUT2D eigenvalue weighted by atomic mass is 32.2. The topological polar surface area (TPSA) is 266 Å². The van der Waals surface area contributed by atoms with Crippen molar-refractivity contribution in [3.8, 4) is 0 Å². The Balaban J connectivity index is 0.000000124. The van der Waals surface area contributed by atoms with E-state index >= 15 is 0 Å². The third-order valence-corrected chi connectivity index (χ3v) is 30.9. The van der Waals surface area contributed by atoms with Crippen molar-refractivity contribution in [1.29, 1.82) is 0 Å². The summed E-state index contributed by atoms with van der Waals surface area (Å²) in [4.78, 5) is 57.3. The van der Waals surface area contributed by atoms with Crippen molar-refractivity contribution in [2.45, 2.75) is 234 Å². The molecule has 11 fully saturated rings. The number of aliphatic imine (C=N–C) groups is 2. The summed E-state index contributed by atoms with van der Waals surface area (Å²) in [7, 11) is 3.66. The van der Waals surface area contributed by atoms with Gasteiger partial charge in [0.05, 0.1) is 57.6 Å². The van der Waals surface area contributed by atoms with Crippen molar-refractivity contribution >= 4 is 68.1 Å². The van der Waals surface area contributed by atoms with Crippen LogP contribution < -0.4 is 22.1 Å². The van der Waals surface area contributed by atoms with Gasteiger partial charge in [-0.05, 0) is 254 Å². The molecule has 3 aromatic carbocycles. The summed E-state index contributed by atoms with van der Waals surface area (Å²) >= 11 is 7.19. The Hall–Kier alpha value is -4.96. The van der Waals surface area contributed by atoms with Gasteiger partial charge in [-0.3, -0.25) is 28.4 Å². The second-order valence-corrected chi connectivity index (χ2v) is 39.1. The average Bonchev–Trinajstić information content (AvgIpc) is 1.53. The van der Waals surface area contributed by atoms with Gasteiger partial charge in [0, 0.05) is 101 Å². The molecule has 0 bridgehead atoms. The van der Waals surface area contributed by atoms with E-state index in [0.717, 1.165) is 228 Å². The second-order valence-electron chi connectivity index (χ2n) is 36.1. The molecule has 7 heterocycles. The van der Waals surface area contributed by atoms with Crippen LogP contribution in [0.1, 0.15) is 211 Å². The number of guanidine groups is 1. The maximum absolute atomic E-state index is 15.0. The van der Waals surface area contributed by atoms with Crippen LogP contribution in [-0.4, -0.2) is 183 Å². The summed E-state index contributed by atoms with van der Waals surface area (Å²) in [6.07, 6.45) is 35.9. The van der Waals surface area contributed by atoms with E-state index in [1.54, 1.807) is 30.9 Å². The minimum Gasteiger partial charge on any atom is -0.381 e. The summed E-state index contributed by atoms with van der Waals surface area (Å²) in [5.41, 5.74) is 19.7. The van der Waals surface area contributed by atoms with Crippen LogP contribution in [-0.2, 0) is 117 Å². The van der Waals surface area contributed by atoms with Crippen LogP contribution in [0.4, 0.5) is 0 Å². The largest absolute Gasteiger partial charge is 0.381 e. The van der Waals surface area contributed by atoms with Gasteiger partial charge in [-0.25, -0.2) is 9.98 Å². The number of rotatable bonds is 21. The van der Waals surface area contributed by atoms with Crippen LogP contribution in [0.2, 0.25) is 0 Å². The second kappa shape index (κ2) is 34.9. The normalized spacial score (nSPS) is 34.0. The van der Waals surface area contributed by atoms with Crippen LogP contribution in [0.5, 0.6) is 0 Å². The minimum absolute atomic E-state index is 0.0430. The molecule has 3 aromatic rings. The number of carbonyl (C=O) groups is 3. The summed E-state index contributed by atoms with van der Waals surface area (Å²) in [6.45, 7) is 7.63. The van der Waals surface area contributed by atoms with E-state index in [1.807, 2.05) is 7.11 Å². The fourth-order valence-corrected chi connectivity index (χ4v) is 23.5. The van der Waals surface area contributed by atoms with E-state index in [1.165, 1.54) is 109 Å². The van der Waals surface area contributed by atoms with Crippen molar-refractivity contribution in [2.75, 3.05) is 113 Å². The van der Waals surface area contributed by atoms with Gasteiger partial charge in [-0.15, -0.1) is 0 Å². The van der Waals surface area contributed by atoms with Gasteiger partial charge in [-0.1, -0.05) is 105 Å². The highest BCUT2D eigenvalue weighted by Gasteiger charge is 2.70. The van der Waals surface area contributed by atoms with Gasteiger partial charge in [0.1, 0.15) is 0 Å². The number of hydrogen-bond acceptors (Lipinski definition) is 19. The Morgan fingerprint density at radius 3 is 1.32 bits per heavy atom. The zero-order valence-corrected chi connectivity index (χ0v) is 69.8. The van der Waals surface area contributed by atoms with E-state index < -0.39 is 26.7 Å². The number of benzene rings is 3. The van der Waals surface area contributed by atoms with E-state index in [4.69, 9.17) is 61.1 Å². The fraction of sp³-hybridized carbons (Fsp3) is 0.727. The lowest BCUT2D eigenvalue weighted by Crippen LogP contribution is -2.56. The number of thiocarbonyl (C=S) groups is 1. The van der Waals surface area contributed by atoms with Crippen LogP contribution >= 0.6 is 24.0 Å². The molecule has 24 heteroatoms. The number of aryl methyl sites for hydroxylation is 3. The SMILES string of the molecule is CN.COC1CCC2(CC1)Cc1ccc(CCC3CC3)cc1C21N=C(N)N(CC2CCOC2)C1=O.COC1CCC2(CC1)Cc1ccc(CCC3CC3)cc1C21N=C(SCC2CCOC2)N(CC2CCOC2)C1=O.COC1CCC2(CC1)Cc1ccc(CCC3CC3)cc1C21NC(=S)NC1=O.CS(=O)(=O)OCC1CCOC1. The van der Waals surface area contributed by atoms with Gasteiger partial charge in [0.25, 0.3) is 27.8 Å².